The Morgan fingerprint density at radius 3 is 2.72 bits per heavy atom. The molecule has 25 heavy (non-hydrogen) atoms. The molecular formula is C18H17N3O3S. The highest BCUT2D eigenvalue weighted by atomic mass is 32.1. The van der Waals surface area contributed by atoms with E-state index < -0.39 is 0 Å². The van der Waals surface area contributed by atoms with E-state index in [4.69, 9.17) is 4.42 Å². The van der Waals surface area contributed by atoms with Gasteiger partial charge >= 0.3 is 0 Å². The average Bonchev–Trinajstić information content (AvgIpc) is 3.25. The number of nitrogens with zero attached hydrogens (tertiary/aromatic N) is 1. The fourth-order valence-corrected chi connectivity index (χ4v) is 3.02. The minimum absolute atomic E-state index is 0.0722. The van der Waals surface area contributed by atoms with E-state index >= 15 is 0 Å². The van der Waals surface area contributed by atoms with Gasteiger partial charge in [0, 0.05) is 7.05 Å². The van der Waals surface area contributed by atoms with Crippen LogP contribution >= 0.6 is 11.3 Å². The normalized spacial score (nSPS) is 10.5. The number of aryl methyl sites for hydroxylation is 1. The van der Waals surface area contributed by atoms with Crippen LogP contribution in [-0.2, 0) is 11.2 Å². The molecule has 3 aromatic rings. The lowest BCUT2D eigenvalue weighted by atomic mass is 10.1. The van der Waals surface area contributed by atoms with Crippen molar-refractivity contribution in [1.29, 1.82) is 0 Å². The van der Waals surface area contributed by atoms with E-state index in [2.05, 4.69) is 15.6 Å². The number of anilines is 1. The molecule has 0 unspecified atom stereocenters. The molecule has 0 fully saturated rings. The molecule has 0 spiro atoms. The van der Waals surface area contributed by atoms with Crippen molar-refractivity contribution in [2.45, 2.75) is 13.3 Å². The molecule has 0 saturated carbocycles. The molecule has 128 valence electrons. The summed E-state index contributed by atoms with van der Waals surface area (Å²) in [4.78, 5) is 29.6. The van der Waals surface area contributed by atoms with E-state index in [0.29, 0.717) is 28.6 Å². The van der Waals surface area contributed by atoms with E-state index in [-0.39, 0.29) is 18.2 Å². The maximum Gasteiger partial charge on any atom is 0.253 e. The van der Waals surface area contributed by atoms with Gasteiger partial charge in [-0.3, -0.25) is 9.59 Å². The second-order valence-electron chi connectivity index (χ2n) is 5.35. The summed E-state index contributed by atoms with van der Waals surface area (Å²) >= 11 is 1.53. The highest BCUT2D eigenvalue weighted by Crippen LogP contribution is 2.26. The van der Waals surface area contributed by atoms with Crippen molar-refractivity contribution in [2.75, 3.05) is 12.4 Å². The molecule has 2 heterocycles. The summed E-state index contributed by atoms with van der Waals surface area (Å²) in [6.45, 7) is 1.78. The van der Waals surface area contributed by atoms with Gasteiger partial charge in [-0.2, -0.15) is 0 Å². The second-order valence-corrected chi connectivity index (χ2v) is 6.30. The van der Waals surface area contributed by atoms with Gasteiger partial charge < -0.3 is 15.1 Å². The molecule has 6 nitrogen and oxygen atoms in total. The summed E-state index contributed by atoms with van der Waals surface area (Å²) in [5, 5.41) is 7.26. The molecule has 2 N–H and O–H groups in total. The molecule has 0 aliphatic rings. The number of hydrogen-bond donors (Lipinski definition) is 2. The third-order valence-corrected chi connectivity index (χ3v) is 4.48. The highest BCUT2D eigenvalue weighted by Gasteiger charge is 2.17. The number of carbonyl (C=O) groups is 2. The van der Waals surface area contributed by atoms with Crippen LogP contribution in [0.5, 0.6) is 0 Å². The highest BCUT2D eigenvalue weighted by molar-refractivity contribution is 7.13. The van der Waals surface area contributed by atoms with Crippen molar-refractivity contribution >= 4 is 28.8 Å². The molecule has 3 rings (SSSR count). The molecular weight excluding hydrogens is 338 g/mol. The smallest absolute Gasteiger partial charge is 0.253 e. The zero-order valence-electron chi connectivity index (χ0n) is 13.8. The lowest BCUT2D eigenvalue weighted by molar-refractivity contribution is -0.115. The molecule has 2 amide bonds. The Morgan fingerprint density at radius 2 is 2.00 bits per heavy atom. The third kappa shape index (κ3) is 3.77. The van der Waals surface area contributed by atoms with Gasteiger partial charge in [0.05, 0.1) is 28.2 Å². The number of amides is 2. The average molecular weight is 355 g/mol. The zero-order chi connectivity index (χ0) is 17.8. The summed E-state index contributed by atoms with van der Waals surface area (Å²) in [6, 6.07) is 10.7. The second kappa shape index (κ2) is 7.31. The Bertz CT molecular complexity index is 900. The summed E-state index contributed by atoms with van der Waals surface area (Å²) in [6.07, 6.45) is 0.0722. The third-order valence-electron chi connectivity index (χ3n) is 3.63. The van der Waals surface area contributed by atoms with Crippen molar-refractivity contribution in [2.24, 2.45) is 0 Å². The molecule has 7 heteroatoms. The lowest BCUT2D eigenvalue weighted by Crippen LogP contribution is -2.22. The van der Waals surface area contributed by atoms with Crippen LogP contribution in [0, 0.1) is 6.92 Å². The maximum absolute atomic E-state index is 12.4. The number of hydrogen-bond acceptors (Lipinski definition) is 5. The summed E-state index contributed by atoms with van der Waals surface area (Å²) in [5.41, 5.74) is 1.46. The van der Waals surface area contributed by atoms with Crippen LogP contribution in [0.4, 0.5) is 5.69 Å². The summed E-state index contributed by atoms with van der Waals surface area (Å²) < 4.78 is 5.64. The van der Waals surface area contributed by atoms with Gasteiger partial charge in [-0.05, 0) is 30.5 Å². The van der Waals surface area contributed by atoms with Crippen molar-refractivity contribution in [3.63, 3.8) is 0 Å². The number of thiophene rings is 1. The Balaban J connectivity index is 1.75. The van der Waals surface area contributed by atoms with E-state index in [1.807, 2.05) is 17.5 Å². The molecule has 0 aliphatic heterocycles. The Labute approximate surface area is 148 Å². The van der Waals surface area contributed by atoms with Crippen LogP contribution in [0.1, 0.15) is 21.8 Å². The summed E-state index contributed by atoms with van der Waals surface area (Å²) in [7, 11) is 1.55. The van der Waals surface area contributed by atoms with Crippen molar-refractivity contribution in [3.8, 4) is 10.8 Å². The quantitative estimate of drug-likeness (QED) is 0.736. The fourth-order valence-electron chi connectivity index (χ4n) is 2.37. The molecule has 0 aliphatic carbocycles. The van der Waals surface area contributed by atoms with Gasteiger partial charge in [0.2, 0.25) is 11.8 Å². The van der Waals surface area contributed by atoms with Crippen LogP contribution in [-0.4, -0.2) is 23.8 Å². The predicted octanol–water partition coefficient (Wildman–Crippen LogP) is 3.25. The molecule has 0 radical (unpaired) electrons. The van der Waals surface area contributed by atoms with Crippen LogP contribution in [0.15, 0.2) is 46.2 Å². The van der Waals surface area contributed by atoms with Crippen LogP contribution in [0.2, 0.25) is 0 Å². The van der Waals surface area contributed by atoms with Gasteiger partial charge in [-0.1, -0.05) is 18.2 Å². The number of oxazole rings is 1. The molecule has 1 aromatic carbocycles. The van der Waals surface area contributed by atoms with Crippen molar-refractivity contribution in [1.82, 2.24) is 10.3 Å². The molecule has 0 saturated heterocycles. The minimum Gasteiger partial charge on any atom is -0.440 e. The Morgan fingerprint density at radius 1 is 1.20 bits per heavy atom. The SMILES string of the molecule is CNC(=O)c1ccccc1NC(=O)Cc1nc(-c2cccs2)oc1C. The van der Waals surface area contributed by atoms with Gasteiger partial charge in [0.25, 0.3) is 5.91 Å². The van der Waals surface area contributed by atoms with Gasteiger partial charge in [-0.25, -0.2) is 4.98 Å². The van der Waals surface area contributed by atoms with Gasteiger partial charge in [-0.15, -0.1) is 11.3 Å². The number of rotatable bonds is 5. The standard InChI is InChI=1S/C18H17N3O3S/c1-11-14(21-18(24-11)15-8-5-9-25-15)10-16(22)20-13-7-4-3-6-12(13)17(23)19-2/h3-9H,10H2,1-2H3,(H,19,23)(H,20,22). The monoisotopic (exact) mass is 355 g/mol. The fraction of sp³-hybridized carbons (Fsp3) is 0.167. The summed E-state index contributed by atoms with van der Waals surface area (Å²) in [5.74, 6) is 0.609. The lowest BCUT2D eigenvalue weighted by Gasteiger charge is -2.09. The van der Waals surface area contributed by atoms with E-state index in [9.17, 15) is 9.59 Å². The maximum atomic E-state index is 12.4. The van der Waals surface area contributed by atoms with E-state index in [0.717, 1.165) is 4.88 Å². The van der Waals surface area contributed by atoms with E-state index in [1.54, 1.807) is 38.2 Å². The first-order valence-electron chi connectivity index (χ1n) is 7.69. The minimum atomic E-state index is -0.259. The first-order valence-corrected chi connectivity index (χ1v) is 8.57. The van der Waals surface area contributed by atoms with E-state index in [1.165, 1.54) is 11.3 Å². The van der Waals surface area contributed by atoms with Crippen LogP contribution < -0.4 is 10.6 Å². The van der Waals surface area contributed by atoms with Crippen molar-refractivity contribution in [3.05, 3.63) is 58.8 Å². The number of benzene rings is 1. The first-order chi connectivity index (χ1) is 12.1. The number of para-hydroxylation sites is 1. The van der Waals surface area contributed by atoms with Gasteiger partial charge in [0.15, 0.2) is 0 Å². The Kier molecular flexibility index (Phi) is 4.95. The Hall–Kier alpha value is -2.93. The van der Waals surface area contributed by atoms with Crippen LogP contribution in [0.25, 0.3) is 10.8 Å². The first kappa shape index (κ1) is 16.9. The van der Waals surface area contributed by atoms with Crippen LogP contribution in [0.3, 0.4) is 0 Å². The largest absolute Gasteiger partial charge is 0.440 e. The topological polar surface area (TPSA) is 84.2 Å². The molecule has 2 aromatic heterocycles. The van der Waals surface area contributed by atoms with Crippen molar-refractivity contribution < 1.29 is 14.0 Å². The predicted molar refractivity (Wildman–Crippen MR) is 96.7 cm³/mol. The zero-order valence-corrected chi connectivity index (χ0v) is 14.6. The number of nitrogens with one attached hydrogen (secondary N) is 2. The number of carbonyl (C=O) groups excluding carboxylic acids is 2. The van der Waals surface area contributed by atoms with Gasteiger partial charge in [0.1, 0.15) is 5.76 Å². The molecule has 0 bridgehead atoms. The number of aromatic nitrogens is 1. The molecule has 0 atom stereocenters.